The van der Waals surface area contributed by atoms with Crippen LogP contribution >= 0.6 is 11.3 Å². The van der Waals surface area contributed by atoms with Gasteiger partial charge in [0, 0.05) is 18.0 Å². The monoisotopic (exact) mass is 488 g/mol. The summed E-state index contributed by atoms with van der Waals surface area (Å²) >= 11 is 1.32. The van der Waals surface area contributed by atoms with Crippen molar-refractivity contribution in [3.05, 3.63) is 76.9 Å². The van der Waals surface area contributed by atoms with Gasteiger partial charge in [0.2, 0.25) is 5.91 Å². The number of thiophene rings is 1. The Labute approximate surface area is 199 Å². The van der Waals surface area contributed by atoms with Gasteiger partial charge in [-0.1, -0.05) is 42.5 Å². The topological polar surface area (TPSA) is 58.6 Å². The van der Waals surface area contributed by atoms with Gasteiger partial charge in [-0.05, 0) is 35.7 Å². The van der Waals surface area contributed by atoms with Crippen molar-refractivity contribution >= 4 is 28.2 Å². The number of carbonyl (C=O) groups excluding carboxylic acids is 2. The van der Waals surface area contributed by atoms with Gasteiger partial charge in [0.15, 0.2) is 0 Å². The Morgan fingerprint density at radius 3 is 2.29 bits per heavy atom. The van der Waals surface area contributed by atoms with E-state index in [0.717, 1.165) is 28.1 Å². The summed E-state index contributed by atoms with van der Waals surface area (Å²) in [6.45, 7) is 3.70. The van der Waals surface area contributed by atoms with Gasteiger partial charge in [0.1, 0.15) is 5.00 Å². The molecule has 0 saturated carbocycles. The second-order valence-electron chi connectivity index (χ2n) is 7.95. The number of rotatable bonds is 5. The van der Waals surface area contributed by atoms with Crippen LogP contribution in [0.4, 0.5) is 18.2 Å². The largest absolute Gasteiger partial charge is 0.416 e. The molecule has 4 rings (SSSR count). The van der Waals surface area contributed by atoms with E-state index in [0.29, 0.717) is 42.4 Å². The third-order valence-corrected chi connectivity index (χ3v) is 6.85. The lowest BCUT2D eigenvalue weighted by Crippen LogP contribution is -2.41. The van der Waals surface area contributed by atoms with Crippen LogP contribution in [0.2, 0.25) is 0 Å². The highest BCUT2D eigenvalue weighted by Crippen LogP contribution is 2.40. The molecule has 1 N–H and O–H groups in total. The summed E-state index contributed by atoms with van der Waals surface area (Å²) in [6.07, 6.45) is -4.54. The van der Waals surface area contributed by atoms with Crippen molar-refractivity contribution in [1.29, 1.82) is 0 Å². The van der Waals surface area contributed by atoms with Gasteiger partial charge < -0.3 is 15.0 Å². The molecule has 1 saturated heterocycles. The van der Waals surface area contributed by atoms with Gasteiger partial charge in [0.05, 0.1) is 30.8 Å². The minimum atomic E-state index is -4.43. The fourth-order valence-corrected chi connectivity index (χ4v) is 5.04. The quantitative estimate of drug-likeness (QED) is 0.524. The fourth-order valence-electron chi connectivity index (χ4n) is 3.82. The third-order valence-electron chi connectivity index (χ3n) is 5.59. The number of ether oxygens (including phenoxy) is 1. The molecular formula is C25H23F3N2O3S. The lowest BCUT2D eigenvalue weighted by Gasteiger charge is -2.27. The van der Waals surface area contributed by atoms with Crippen LogP contribution in [0, 0.1) is 6.92 Å². The van der Waals surface area contributed by atoms with E-state index in [4.69, 9.17) is 4.74 Å². The SMILES string of the molecule is Cc1c(-c2ccccc2)sc(NC(=O)Cc2ccc(C(F)(F)F)cc2)c1C(=O)N1CCOCC1. The number of amides is 2. The molecule has 1 aliphatic heterocycles. The number of hydrogen-bond donors (Lipinski definition) is 1. The van der Waals surface area contributed by atoms with Gasteiger partial charge in [-0.15, -0.1) is 11.3 Å². The van der Waals surface area contributed by atoms with Crippen LogP contribution in [0.3, 0.4) is 0 Å². The Balaban J connectivity index is 1.60. The van der Waals surface area contributed by atoms with Crippen LogP contribution in [-0.2, 0) is 22.1 Å². The van der Waals surface area contributed by atoms with Crippen molar-refractivity contribution in [3.8, 4) is 10.4 Å². The lowest BCUT2D eigenvalue weighted by molar-refractivity contribution is -0.137. The molecule has 0 spiro atoms. The zero-order chi connectivity index (χ0) is 24.3. The van der Waals surface area contributed by atoms with Gasteiger partial charge in [-0.2, -0.15) is 13.2 Å². The van der Waals surface area contributed by atoms with Crippen molar-refractivity contribution in [2.24, 2.45) is 0 Å². The molecule has 178 valence electrons. The van der Waals surface area contributed by atoms with Crippen LogP contribution in [0.1, 0.15) is 27.0 Å². The van der Waals surface area contributed by atoms with Crippen LogP contribution in [-0.4, -0.2) is 43.0 Å². The number of anilines is 1. The van der Waals surface area contributed by atoms with Crippen molar-refractivity contribution in [3.63, 3.8) is 0 Å². The van der Waals surface area contributed by atoms with Crippen molar-refractivity contribution < 1.29 is 27.5 Å². The Kier molecular flexibility index (Phi) is 7.04. The number of morpholine rings is 1. The fraction of sp³-hybridized carbons (Fsp3) is 0.280. The number of nitrogens with one attached hydrogen (secondary N) is 1. The van der Waals surface area contributed by atoms with Gasteiger partial charge in [0.25, 0.3) is 5.91 Å². The minimum absolute atomic E-state index is 0.110. The molecule has 1 aliphatic rings. The van der Waals surface area contributed by atoms with Crippen LogP contribution < -0.4 is 5.32 Å². The predicted molar refractivity (Wildman–Crippen MR) is 125 cm³/mol. The predicted octanol–water partition coefficient (Wildman–Crippen LogP) is 5.40. The second kappa shape index (κ2) is 9.99. The zero-order valence-electron chi connectivity index (χ0n) is 18.4. The molecule has 0 radical (unpaired) electrons. The summed E-state index contributed by atoms with van der Waals surface area (Å²) in [5, 5.41) is 3.27. The van der Waals surface area contributed by atoms with Crippen molar-refractivity contribution in [2.45, 2.75) is 19.5 Å². The molecule has 0 bridgehead atoms. The first-order chi connectivity index (χ1) is 16.2. The van der Waals surface area contributed by atoms with E-state index < -0.39 is 17.6 Å². The van der Waals surface area contributed by atoms with E-state index in [9.17, 15) is 22.8 Å². The Hall–Kier alpha value is -3.17. The molecule has 1 fully saturated rings. The molecule has 3 aromatic rings. The number of alkyl halides is 3. The van der Waals surface area contributed by atoms with E-state index in [2.05, 4.69) is 5.32 Å². The summed E-state index contributed by atoms with van der Waals surface area (Å²) in [5.41, 5.74) is 1.83. The normalized spacial score (nSPS) is 14.2. The second-order valence-corrected chi connectivity index (χ2v) is 8.97. The van der Waals surface area contributed by atoms with Gasteiger partial charge >= 0.3 is 6.18 Å². The molecule has 2 amide bonds. The average molecular weight is 489 g/mol. The Morgan fingerprint density at radius 1 is 1.03 bits per heavy atom. The molecule has 34 heavy (non-hydrogen) atoms. The Morgan fingerprint density at radius 2 is 1.68 bits per heavy atom. The Bertz CT molecular complexity index is 1170. The number of halogens is 3. The van der Waals surface area contributed by atoms with E-state index in [1.54, 1.807) is 4.90 Å². The third kappa shape index (κ3) is 5.31. The first-order valence-corrected chi connectivity index (χ1v) is 11.6. The van der Waals surface area contributed by atoms with Crippen LogP contribution in [0.15, 0.2) is 54.6 Å². The highest BCUT2D eigenvalue weighted by atomic mass is 32.1. The molecule has 9 heteroatoms. The molecule has 0 atom stereocenters. The summed E-state index contributed by atoms with van der Waals surface area (Å²) < 4.78 is 43.8. The number of nitrogens with zero attached hydrogens (tertiary/aromatic N) is 1. The maximum Gasteiger partial charge on any atom is 0.416 e. The van der Waals surface area contributed by atoms with Crippen molar-refractivity contribution in [1.82, 2.24) is 4.90 Å². The van der Waals surface area contributed by atoms with Crippen LogP contribution in [0.5, 0.6) is 0 Å². The van der Waals surface area contributed by atoms with Gasteiger partial charge in [-0.3, -0.25) is 9.59 Å². The molecule has 0 unspecified atom stereocenters. The average Bonchev–Trinajstić information content (AvgIpc) is 3.14. The van der Waals surface area contributed by atoms with E-state index in [1.165, 1.54) is 23.5 Å². The molecule has 1 aromatic heterocycles. The summed E-state index contributed by atoms with van der Waals surface area (Å²) in [6, 6.07) is 14.1. The molecule has 0 aliphatic carbocycles. The lowest BCUT2D eigenvalue weighted by atomic mass is 10.1. The molecule has 5 nitrogen and oxygen atoms in total. The first-order valence-electron chi connectivity index (χ1n) is 10.8. The molecule has 2 aromatic carbocycles. The van der Waals surface area contributed by atoms with E-state index >= 15 is 0 Å². The molecular weight excluding hydrogens is 465 g/mol. The highest BCUT2D eigenvalue weighted by molar-refractivity contribution is 7.20. The maximum atomic E-state index is 13.4. The summed E-state index contributed by atoms with van der Waals surface area (Å²) in [5.74, 6) is -0.583. The number of carbonyl (C=O) groups is 2. The van der Waals surface area contributed by atoms with E-state index in [1.807, 2.05) is 37.3 Å². The van der Waals surface area contributed by atoms with E-state index in [-0.39, 0.29) is 12.3 Å². The molecule has 2 heterocycles. The number of hydrogen-bond acceptors (Lipinski definition) is 4. The summed E-state index contributed by atoms with van der Waals surface area (Å²) in [7, 11) is 0. The highest BCUT2D eigenvalue weighted by Gasteiger charge is 2.30. The van der Waals surface area contributed by atoms with Gasteiger partial charge in [-0.25, -0.2) is 0 Å². The summed E-state index contributed by atoms with van der Waals surface area (Å²) in [4.78, 5) is 28.8. The van der Waals surface area contributed by atoms with Crippen molar-refractivity contribution in [2.75, 3.05) is 31.6 Å². The smallest absolute Gasteiger partial charge is 0.378 e. The maximum absolute atomic E-state index is 13.4. The minimum Gasteiger partial charge on any atom is -0.378 e. The standard InChI is InChI=1S/C25H23F3N2O3S/c1-16-21(24(32)30-11-13-33-14-12-30)23(34-22(16)18-5-3-2-4-6-18)29-20(31)15-17-7-9-19(10-8-17)25(26,27)28/h2-10H,11-15H2,1H3,(H,29,31). The number of benzene rings is 2. The zero-order valence-corrected chi connectivity index (χ0v) is 19.3. The first kappa shape index (κ1) is 24.0. The van der Waals surface area contributed by atoms with Crippen LogP contribution in [0.25, 0.3) is 10.4 Å².